The largest absolute Gasteiger partial charge is 0.354 e. The van der Waals surface area contributed by atoms with Gasteiger partial charge in [0.1, 0.15) is 0 Å². The Morgan fingerprint density at radius 3 is 2.87 bits per heavy atom. The second-order valence-corrected chi connectivity index (χ2v) is 6.94. The van der Waals surface area contributed by atoms with Crippen LogP contribution >= 0.6 is 11.3 Å². The number of hydrogen-bond acceptors (Lipinski definition) is 4. The van der Waals surface area contributed by atoms with Gasteiger partial charge < -0.3 is 5.32 Å². The summed E-state index contributed by atoms with van der Waals surface area (Å²) in [4.78, 5) is 25.3. The standard InChI is InChI=1S/C16H22N4O2S/c1-19-14(13-8-5-11-23-13)18-20(16(19)22)10-9-17-15(21)12-6-3-2-4-7-12/h5,8,11-12H,2-4,6-7,9-10H2,1H3,(H,17,21). The maximum absolute atomic E-state index is 12.2. The van der Waals surface area contributed by atoms with Crippen molar-refractivity contribution in [2.75, 3.05) is 6.54 Å². The molecule has 0 atom stereocenters. The van der Waals surface area contributed by atoms with Crippen molar-refractivity contribution in [3.8, 4) is 10.7 Å². The van der Waals surface area contributed by atoms with Crippen LogP contribution in [0.1, 0.15) is 32.1 Å². The fourth-order valence-electron chi connectivity index (χ4n) is 3.05. The summed E-state index contributed by atoms with van der Waals surface area (Å²) in [5.41, 5.74) is -0.152. The number of amides is 1. The summed E-state index contributed by atoms with van der Waals surface area (Å²) in [5.74, 6) is 0.932. The number of nitrogens with one attached hydrogen (secondary N) is 1. The quantitative estimate of drug-likeness (QED) is 0.909. The third kappa shape index (κ3) is 3.55. The van der Waals surface area contributed by atoms with Crippen molar-refractivity contribution in [3.05, 3.63) is 28.0 Å². The normalized spacial score (nSPS) is 15.7. The van der Waals surface area contributed by atoms with Gasteiger partial charge in [-0.2, -0.15) is 0 Å². The fraction of sp³-hybridized carbons (Fsp3) is 0.562. The van der Waals surface area contributed by atoms with E-state index in [1.165, 1.54) is 11.1 Å². The molecule has 2 aromatic heterocycles. The van der Waals surface area contributed by atoms with E-state index in [9.17, 15) is 9.59 Å². The zero-order valence-electron chi connectivity index (χ0n) is 13.3. The number of rotatable bonds is 5. The Morgan fingerprint density at radius 2 is 2.17 bits per heavy atom. The van der Waals surface area contributed by atoms with E-state index in [-0.39, 0.29) is 17.5 Å². The maximum Gasteiger partial charge on any atom is 0.346 e. The molecule has 1 aliphatic carbocycles. The molecule has 23 heavy (non-hydrogen) atoms. The highest BCUT2D eigenvalue weighted by Gasteiger charge is 2.20. The summed E-state index contributed by atoms with van der Waals surface area (Å²) >= 11 is 1.55. The number of carbonyl (C=O) groups is 1. The van der Waals surface area contributed by atoms with E-state index >= 15 is 0 Å². The Kier molecular flexibility index (Phi) is 4.95. The molecular weight excluding hydrogens is 312 g/mol. The van der Waals surface area contributed by atoms with E-state index < -0.39 is 0 Å². The molecule has 124 valence electrons. The van der Waals surface area contributed by atoms with Gasteiger partial charge in [-0.25, -0.2) is 9.48 Å². The number of carbonyl (C=O) groups excluding carboxylic acids is 1. The van der Waals surface area contributed by atoms with Crippen LogP contribution in [0.15, 0.2) is 22.3 Å². The average molecular weight is 334 g/mol. The Morgan fingerprint density at radius 1 is 1.39 bits per heavy atom. The number of thiophene rings is 1. The highest BCUT2D eigenvalue weighted by atomic mass is 32.1. The van der Waals surface area contributed by atoms with Crippen molar-refractivity contribution in [2.45, 2.75) is 38.6 Å². The molecule has 0 unspecified atom stereocenters. The van der Waals surface area contributed by atoms with Crippen LogP contribution in [0, 0.1) is 5.92 Å². The Balaban J connectivity index is 1.59. The molecule has 1 saturated carbocycles. The van der Waals surface area contributed by atoms with Crippen molar-refractivity contribution in [3.63, 3.8) is 0 Å². The molecule has 0 aliphatic heterocycles. The van der Waals surface area contributed by atoms with Crippen molar-refractivity contribution < 1.29 is 4.79 Å². The Bertz CT molecular complexity index is 711. The van der Waals surface area contributed by atoms with Crippen LogP contribution in [0.3, 0.4) is 0 Å². The Hall–Kier alpha value is -1.89. The second-order valence-electron chi connectivity index (χ2n) is 5.99. The third-order valence-corrected chi connectivity index (χ3v) is 5.25. The smallest absolute Gasteiger partial charge is 0.346 e. The SMILES string of the molecule is Cn1c(-c2cccs2)nn(CCNC(=O)C2CCCCC2)c1=O. The fourth-order valence-corrected chi connectivity index (χ4v) is 3.79. The molecule has 3 rings (SSSR count). The van der Waals surface area contributed by atoms with E-state index in [2.05, 4.69) is 10.4 Å². The minimum atomic E-state index is -0.152. The van der Waals surface area contributed by atoms with Gasteiger partial charge in [-0.1, -0.05) is 25.3 Å². The van der Waals surface area contributed by atoms with Gasteiger partial charge in [-0.3, -0.25) is 9.36 Å². The van der Waals surface area contributed by atoms with E-state index in [4.69, 9.17) is 0 Å². The first-order chi connectivity index (χ1) is 11.2. The van der Waals surface area contributed by atoms with Crippen LogP contribution in [0.5, 0.6) is 0 Å². The van der Waals surface area contributed by atoms with Gasteiger partial charge in [0.25, 0.3) is 0 Å². The lowest BCUT2D eigenvalue weighted by atomic mass is 9.89. The van der Waals surface area contributed by atoms with Crippen molar-refractivity contribution in [2.24, 2.45) is 13.0 Å². The van der Waals surface area contributed by atoms with Crippen LogP contribution in [0.4, 0.5) is 0 Å². The van der Waals surface area contributed by atoms with Crippen LogP contribution in [0.2, 0.25) is 0 Å². The highest BCUT2D eigenvalue weighted by Crippen LogP contribution is 2.23. The molecular formula is C16H22N4O2S. The van der Waals surface area contributed by atoms with Crippen LogP contribution in [-0.4, -0.2) is 26.8 Å². The molecule has 7 heteroatoms. The Labute approximate surface area is 139 Å². The molecule has 1 aliphatic rings. The molecule has 2 heterocycles. The summed E-state index contributed by atoms with van der Waals surface area (Å²) in [6, 6.07) is 3.88. The van der Waals surface area contributed by atoms with E-state index in [1.807, 2.05) is 17.5 Å². The van der Waals surface area contributed by atoms with Gasteiger partial charge in [-0.15, -0.1) is 16.4 Å². The molecule has 0 aromatic carbocycles. The van der Waals surface area contributed by atoms with E-state index in [1.54, 1.807) is 23.0 Å². The topological polar surface area (TPSA) is 68.9 Å². The van der Waals surface area contributed by atoms with Crippen LogP contribution < -0.4 is 11.0 Å². The van der Waals surface area contributed by atoms with E-state index in [0.29, 0.717) is 18.9 Å². The molecule has 1 N–H and O–H groups in total. The first kappa shape index (κ1) is 16.0. The second kappa shape index (κ2) is 7.12. The average Bonchev–Trinajstić information content (AvgIpc) is 3.19. The van der Waals surface area contributed by atoms with Crippen molar-refractivity contribution in [1.82, 2.24) is 19.7 Å². The van der Waals surface area contributed by atoms with Crippen molar-refractivity contribution >= 4 is 17.2 Å². The maximum atomic E-state index is 12.2. The van der Waals surface area contributed by atoms with Gasteiger partial charge in [0.2, 0.25) is 5.91 Å². The third-order valence-electron chi connectivity index (χ3n) is 4.38. The zero-order valence-corrected chi connectivity index (χ0v) is 14.1. The van der Waals surface area contributed by atoms with Gasteiger partial charge >= 0.3 is 5.69 Å². The summed E-state index contributed by atoms with van der Waals surface area (Å²) in [5, 5.41) is 9.30. The lowest BCUT2D eigenvalue weighted by Crippen LogP contribution is -2.36. The predicted molar refractivity (Wildman–Crippen MR) is 90.4 cm³/mol. The number of aromatic nitrogens is 3. The first-order valence-corrected chi connectivity index (χ1v) is 9.00. The van der Waals surface area contributed by atoms with Gasteiger partial charge in [-0.05, 0) is 24.3 Å². The van der Waals surface area contributed by atoms with Crippen molar-refractivity contribution in [1.29, 1.82) is 0 Å². The molecule has 0 saturated heterocycles. The molecule has 2 aromatic rings. The minimum Gasteiger partial charge on any atom is -0.354 e. The predicted octanol–water partition coefficient (Wildman–Crippen LogP) is 2.01. The first-order valence-electron chi connectivity index (χ1n) is 8.12. The zero-order chi connectivity index (χ0) is 16.2. The summed E-state index contributed by atoms with van der Waals surface area (Å²) in [6.07, 6.45) is 5.48. The molecule has 0 spiro atoms. The van der Waals surface area contributed by atoms with Crippen LogP contribution in [0.25, 0.3) is 10.7 Å². The summed E-state index contributed by atoms with van der Waals surface area (Å²) < 4.78 is 2.98. The van der Waals surface area contributed by atoms with Gasteiger partial charge in [0, 0.05) is 19.5 Å². The molecule has 0 bridgehead atoms. The molecule has 1 fully saturated rings. The lowest BCUT2D eigenvalue weighted by molar-refractivity contribution is -0.125. The molecule has 1 amide bonds. The minimum absolute atomic E-state index is 0.118. The summed E-state index contributed by atoms with van der Waals surface area (Å²) in [7, 11) is 1.72. The van der Waals surface area contributed by atoms with Gasteiger partial charge in [0.15, 0.2) is 5.82 Å². The molecule has 0 radical (unpaired) electrons. The number of hydrogen-bond donors (Lipinski definition) is 1. The van der Waals surface area contributed by atoms with Crippen LogP contribution in [-0.2, 0) is 18.4 Å². The molecule has 6 nitrogen and oxygen atoms in total. The number of nitrogens with zero attached hydrogens (tertiary/aromatic N) is 3. The van der Waals surface area contributed by atoms with E-state index in [0.717, 1.165) is 30.6 Å². The summed E-state index contributed by atoms with van der Waals surface area (Å²) in [6.45, 7) is 0.840. The van der Waals surface area contributed by atoms with Gasteiger partial charge in [0.05, 0.1) is 11.4 Å². The highest BCUT2D eigenvalue weighted by molar-refractivity contribution is 7.13. The lowest BCUT2D eigenvalue weighted by Gasteiger charge is -2.20. The monoisotopic (exact) mass is 334 g/mol.